The Balaban J connectivity index is 1.97. The van der Waals surface area contributed by atoms with E-state index < -0.39 is 0 Å². The molecule has 2 aromatic rings. The number of likely N-dealkylation sites (tertiary alicyclic amines) is 1. The molecule has 0 radical (unpaired) electrons. The molecule has 106 valence electrons. The first-order valence-corrected chi connectivity index (χ1v) is 7.07. The van der Waals surface area contributed by atoms with Gasteiger partial charge >= 0.3 is 0 Å². The molecule has 0 aromatic carbocycles. The molecule has 2 atom stereocenters. The number of piperidine rings is 1. The molecule has 1 aliphatic heterocycles. The number of imidazole rings is 1. The van der Waals surface area contributed by atoms with Crippen LogP contribution in [-0.2, 0) is 0 Å². The second-order valence-corrected chi connectivity index (χ2v) is 5.59. The lowest BCUT2D eigenvalue weighted by Crippen LogP contribution is -2.47. The smallest absolute Gasteiger partial charge is 0.274 e. The fraction of sp³-hybridized carbons (Fsp3) is 0.467. The van der Waals surface area contributed by atoms with Gasteiger partial charge in [-0.1, -0.05) is 0 Å². The summed E-state index contributed by atoms with van der Waals surface area (Å²) in [4.78, 5) is 18.9. The van der Waals surface area contributed by atoms with Crippen LogP contribution in [0.4, 0.5) is 0 Å². The van der Waals surface area contributed by atoms with E-state index in [1.165, 1.54) is 0 Å². The number of aromatic nitrogens is 2. The van der Waals surface area contributed by atoms with Crippen molar-refractivity contribution < 1.29 is 9.90 Å². The Morgan fingerprint density at radius 2 is 2.05 bits per heavy atom. The molecule has 0 spiro atoms. The minimum Gasteiger partial charge on any atom is -0.504 e. The first-order chi connectivity index (χ1) is 9.58. The fourth-order valence-corrected chi connectivity index (χ4v) is 3.06. The van der Waals surface area contributed by atoms with E-state index in [4.69, 9.17) is 0 Å². The van der Waals surface area contributed by atoms with Crippen molar-refractivity contribution in [3.05, 3.63) is 30.2 Å². The fourth-order valence-electron chi connectivity index (χ4n) is 3.06. The quantitative estimate of drug-likeness (QED) is 0.868. The molecular formula is C15H19N3O2. The summed E-state index contributed by atoms with van der Waals surface area (Å²) >= 11 is 0. The molecule has 0 aliphatic carbocycles. The SMILES string of the molecule is CC1CCCC(C)N1C(=O)c1cn2cccc(O)c2n1. The number of carbonyl (C=O) groups is 1. The number of carbonyl (C=O) groups excluding carboxylic acids is 1. The Kier molecular flexibility index (Phi) is 3.12. The average Bonchev–Trinajstić information content (AvgIpc) is 2.84. The van der Waals surface area contributed by atoms with Crippen molar-refractivity contribution in [3.8, 4) is 5.75 Å². The van der Waals surface area contributed by atoms with Crippen LogP contribution in [0.5, 0.6) is 5.75 Å². The van der Waals surface area contributed by atoms with Crippen LogP contribution in [0.3, 0.4) is 0 Å². The third kappa shape index (κ3) is 2.03. The Bertz CT molecular complexity index is 640. The maximum Gasteiger partial charge on any atom is 0.274 e. The molecule has 2 unspecified atom stereocenters. The van der Waals surface area contributed by atoms with Gasteiger partial charge in [-0.2, -0.15) is 0 Å². The van der Waals surface area contributed by atoms with Crippen LogP contribution in [0.25, 0.3) is 5.65 Å². The van der Waals surface area contributed by atoms with Gasteiger partial charge in [-0.25, -0.2) is 4.98 Å². The van der Waals surface area contributed by atoms with Gasteiger partial charge in [-0.3, -0.25) is 4.79 Å². The molecule has 1 fully saturated rings. The minimum atomic E-state index is -0.0483. The number of fused-ring (bicyclic) bond motifs is 1. The summed E-state index contributed by atoms with van der Waals surface area (Å²) in [5.41, 5.74) is 0.820. The Morgan fingerprint density at radius 1 is 1.35 bits per heavy atom. The zero-order chi connectivity index (χ0) is 14.3. The lowest BCUT2D eigenvalue weighted by molar-refractivity contribution is 0.0505. The van der Waals surface area contributed by atoms with Crippen molar-refractivity contribution in [2.24, 2.45) is 0 Å². The molecule has 2 aromatic heterocycles. The average molecular weight is 273 g/mol. The lowest BCUT2D eigenvalue weighted by atomic mass is 9.97. The van der Waals surface area contributed by atoms with Crippen molar-refractivity contribution >= 4 is 11.6 Å². The van der Waals surface area contributed by atoms with Gasteiger partial charge < -0.3 is 14.4 Å². The maximum atomic E-state index is 12.7. The number of amides is 1. The summed E-state index contributed by atoms with van der Waals surface area (Å²) < 4.78 is 1.68. The predicted octanol–water partition coefficient (Wildman–Crippen LogP) is 2.44. The first-order valence-electron chi connectivity index (χ1n) is 7.07. The molecule has 5 heteroatoms. The van der Waals surface area contributed by atoms with Crippen molar-refractivity contribution in [3.63, 3.8) is 0 Å². The molecule has 20 heavy (non-hydrogen) atoms. The number of hydrogen-bond donors (Lipinski definition) is 1. The van der Waals surface area contributed by atoms with Crippen LogP contribution in [0.1, 0.15) is 43.6 Å². The molecule has 3 rings (SSSR count). The van der Waals surface area contributed by atoms with E-state index in [2.05, 4.69) is 18.8 Å². The zero-order valence-electron chi connectivity index (χ0n) is 11.8. The molecule has 1 N–H and O–H groups in total. The van der Waals surface area contributed by atoms with Gasteiger partial charge in [-0.15, -0.1) is 0 Å². The molecular weight excluding hydrogens is 254 g/mol. The van der Waals surface area contributed by atoms with E-state index in [9.17, 15) is 9.90 Å². The van der Waals surface area contributed by atoms with Crippen molar-refractivity contribution in [2.45, 2.75) is 45.2 Å². The van der Waals surface area contributed by atoms with Crippen molar-refractivity contribution in [2.75, 3.05) is 0 Å². The number of nitrogens with zero attached hydrogens (tertiary/aromatic N) is 3. The van der Waals surface area contributed by atoms with Crippen LogP contribution in [0.15, 0.2) is 24.5 Å². The monoisotopic (exact) mass is 273 g/mol. The Hall–Kier alpha value is -2.04. The van der Waals surface area contributed by atoms with E-state index in [1.54, 1.807) is 28.9 Å². The molecule has 0 saturated carbocycles. The van der Waals surface area contributed by atoms with Gasteiger partial charge in [0.1, 0.15) is 5.69 Å². The first kappa shape index (κ1) is 13.0. The highest BCUT2D eigenvalue weighted by molar-refractivity contribution is 5.93. The third-order valence-corrected chi connectivity index (χ3v) is 4.11. The third-order valence-electron chi connectivity index (χ3n) is 4.11. The van der Waals surface area contributed by atoms with Gasteiger partial charge in [0, 0.05) is 24.5 Å². The Labute approximate surface area is 117 Å². The molecule has 1 amide bonds. The van der Waals surface area contributed by atoms with Crippen LogP contribution in [0, 0.1) is 0 Å². The van der Waals surface area contributed by atoms with E-state index in [0.29, 0.717) is 11.3 Å². The topological polar surface area (TPSA) is 57.8 Å². The molecule has 0 bridgehead atoms. The van der Waals surface area contributed by atoms with Gasteiger partial charge in [0.25, 0.3) is 5.91 Å². The highest BCUT2D eigenvalue weighted by Gasteiger charge is 2.31. The van der Waals surface area contributed by atoms with Gasteiger partial charge in [0.2, 0.25) is 0 Å². The lowest BCUT2D eigenvalue weighted by Gasteiger charge is -2.38. The van der Waals surface area contributed by atoms with Crippen LogP contribution in [-0.4, -0.2) is 37.4 Å². The zero-order valence-corrected chi connectivity index (χ0v) is 11.8. The second kappa shape index (κ2) is 4.81. The Morgan fingerprint density at radius 3 is 2.70 bits per heavy atom. The molecule has 5 nitrogen and oxygen atoms in total. The summed E-state index contributed by atoms with van der Waals surface area (Å²) in [5.74, 6) is 0.0408. The largest absolute Gasteiger partial charge is 0.504 e. The van der Waals surface area contributed by atoms with Crippen LogP contribution in [0.2, 0.25) is 0 Å². The number of aromatic hydroxyl groups is 1. The van der Waals surface area contributed by atoms with Crippen LogP contribution >= 0.6 is 0 Å². The maximum absolute atomic E-state index is 12.7. The van der Waals surface area contributed by atoms with Gasteiger partial charge in [0.05, 0.1) is 0 Å². The highest BCUT2D eigenvalue weighted by atomic mass is 16.3. The van der Waals surface area contributed by atoms with Crippen molar-refractivity contribution in [1.82, 2.24) is 14.3 Å². The van der Waals surface area contributed by atoms with E-state index >= 15 is 0 Å². The highest BCUT2D eigenvalue weighted by Crippen LogP contribution is 2.25. The summed E-state index contributed by atoms with van der Waals surface area (Å²) in [6.07, 6.45) is 6.70. The van der Waals surface area contributed by atoms with Gasteiger partial charge in [-0.05, 0) is 45.2 Å². The normalized spacial score (nSPS) is 23.2. The predicted molar refractivity (Wildman–Crippen MR) is 75.8 cm³/mol. The summed E-state index contributed by atoms with van der Waals surface area (Å²) in [7, 11) is 0. The molecule has 1 aliphatic rings. The van der Waals surface area contributed by atoms with Crippen molar-refractivity contribution in [1.29, 1.82) is 0 Å². The summed E-state index contributed by atoms with van der Waals surface area (Å²) in [6, 6.07) is 3.78. The second-order valence-electron chi connectivity index (χ2n) is 5.59. The van der Waals surface area contributed by atoms with E-state index in [1.807, 2.05) is 4.90 Å². The molecule has 3 heterocycles. The van der Waals surface area contributed by atoms with Crippen LogP contribution < -0.4 is 0 Å². The van der Waals surface area contributed by atoms with Gasteiger partial charge in [0.15, 0.2) is 11.4 Å². The number of rotatable bonds is 1. The standard InChI is InChI=1S/C15H19N3O2/c1-10-5-3-6-11(2)18(10)15(20)12-9-17-8-4-7-13(19)14(17)16-12/h4,7-11,19H,3,5-6H2,1-2H3. The number of pyridine rings is 1. The molecule has 1 saturated heterocycles. The minimum absolute atomic E-state index is 0.0483. The summed E-state index contributed by atoms with van der Waals surface area (Å²) in [5, 5.41) is 9.77. The van der Waals surface area contributed by atoms with E-state index in [-0.39, 0.29) is 23.7 Å². The summed E-state index contributed by atoms with van der Waals surface area (Å²) in [6.45, 7) is 4.17. The van der Waals surface area contributed by atoms with E-state index in [0.717, 1.165) is 19.3 Å². The number of hydrogen-bond acceptors (Lipinski definition) is 3.